The fourth-order valence-corrected chi connectivity index (χ4v) is 1.07. The van der Waals surface area contributed by atoms with Crippen LogP contribution in [0.15, 0.2) is 12.7 Å². The number of hydrogen-bond acceptors (Lipinski definition) is 3. The SMILES string of the molecule is C=CCC(S)(S)CC(=O)O. The molecule has 4 heteroatoms. The second-order valence-electron chi connectivity index (χ2n) is 2.05. The lowest BCUT2D eigenvalue weighted by Crippen LogP contribution is -2.17. The van der Waals surface area contributed by atoms with Crippen LogP contribution in [0.3, 0.4) is 0 Å². The van der Waals surface area contributed by atoms with Gasteiger partial charge >= 0.3 is 5.97 Å². The molecular weight excluding hydrogens is 168 g/mol. The molecule has 58 valence electrons. The van der Waals surface area contributed by atoms with Gasteiger partial charge in [0.25, 0.3) is 0 Å². The van der Waals surface area contributed by atoms with Crippen LogP contribution in [0.2, 0.25) is 0 Å². The summed E-state index contributed by atoms with van der Waals surface area (Å²) in [6.45, 7) is 3.46. The van der Waals surface area contributed by atoms with Crippen molar-refractivity contribution in [1.29, 1.82) is 0 Å². The summed E-state index contributed by atoms with van der Waals surface area (Å²) < 4.78 is -0.756. The highest BCUT2D eigenvalue weighted by molar-refractivity contribution is 8.00. The van der Waals surface area contributed by atoms with Crippen LogP contribution < -0.4 is 0 Å². The number of allylic oxidation sites excluding steroid dienone is 1. The molecule has 0 aromatic carbocycles. The Morgan fingerprint density at radius 3 is 2.50 bits per heavy atom. The molecule has 0 aliphatic heterocycles. The van der Waals surface area contributed by atoms with Crippen LogP contribution in [0.1, 0.15) is 12.8 Å². The van der Waals surface area contributed by atoms with Crippen molar-refractivity contribution in [3.05, 3.63) is 12.7 Å². The topological polar surface area (TPSA) is 37.3 Å². The first-order valence-corrected chi connectivity index (χ1v) is 3.65. The minimum absolute atomic E-state index is 0.0642. The Kier molecular flexibility index (Phi) is 3.89. The second-order valence-corrected chi connectivity index (χ2v) is 4.11. The fourth-order valence-electron chi connectivity index (χ4n) is 0.546. The summed E-state index contributed by atoms with van der Waals surface area (Å²) in [5.74, 6) is -0.896. The van der Waals surface area contributed by atoms with Crippen molar-refractivity contribution in [2.45, 2.75) is 16.9 Å². The Hall–Kier alpha value is -0.0900. The standard InChI is InChI=1S/C6H10O2S2/c1-2-3-6(9,10)4-5(7)8/h2,9-10H,1,3-4H2,(H,7,8). The highest BCUT2D eigenvalue weighted by atomic mass is 32.2. The van der Waals surface area contributed by atoms with Gasteiger partial charge in [-0.15, -0.1) is 6.58 Å². The summed E-state index contributed by atoms with van der Waals surface area (Å²) in [7, 11) is 0. The summed E-state index contributed by atoms with van der Waals surface area (Å²) in [5.41, 5.74) is 0. The lowest BCUT2D eigenvalue weighted by atomic mass is 10.2. The van der Waals surface area contributed by atoms with Gasteiger partial charge in [0.2, 0.25) is 0 Å². The molecule has 0 bridgehead atoms. The molecule has 0 rings (SSSR count). The van der Waals surface area contributed by atoms with E-state index in [1.54, 1.807) is 6.08 Å². The van der Waals surface area contributed by atoms with E-state index in [9.17, 15) is 4.79 Å². The molecule has 0 spiro atoms. The zero-order chi connectivity index (χ0) is 8.20. The van der Waals surface area contributed by atoms with Crippen LogP contribution in [0.25, 0.3) is 0 Å². The first-order chi connectivity index (χ1) is 4.48. The second kappa shape index (κ2) is 3.93. The van der Waals surface area contributed by atoms with E-state index in [0.29, 0.717) is 6.42 Å². The molecule has 0 amide bonds. The predicted octanol–water partition coefficient (Wildman–Crippen LogP) is 1.59. The molecule has 0 aliphatic carbocycles. The summed E-state index contributed by atoms with van der Waals surface area (Å²) >= 11 is 8.04. The van der Waals surface area contributed by atoms with E-state index in [1.165, 1.54) is 0 Å². The van der Waals surface area contributed by atoms with Crippen LogP contribution in [0.4, 0.5) is 0 Å². The number of carboxylic acids is 1. The van der Waals surface area contributed by atoms with Gasteiger partial charge in [-0.1, -0.05) is 6.08 Å². The molecule has 0 saturated heterocycles. The Morgan fingerprint density at radius 2 is 2.20 bits per heavy atom. The molecule has 2 nitrogen and oxygen atoms in total. The molecule has 0 unspecified atom stereocenters. The van der Waals surface area contributed by atoms with Gasteiger partial charge < -0.3 is 5.11 Å². The maximum atomic E-state index is 10.2. The van der Waals surface area contributed by atoms with Crippen LogP contribution in [0.5, 0.6) is 0 Å². The highest BCUT2D eigenvalue weighted by Gasteiger charge is 2.21. The van der Waals surface area contributed by atoms with Crippen molar-refractivity contribution >= 4 is 31.2 Å². The monoisotopic (exact) mass is 178 g/mol. The zero-order valence-electron chi connectivity index (χ0n) is 5.45. The summed E-state index contributed by atoms with van der Waals surface area (Å²) in [6, 6.07) is 0. The van der Waals surface area contributed by atoms with Crippen LogP contribution in [-0.4, -0.2) is 15.2 Å². The average molecular weight is 178 g/mol. The van der Waals surface area contributed by atoms with Gasteiger partial charge in [0, 0.05) is 0 Å². The molecule has 0 atom stereocenters. The maximum Gasteiger partial charge on any atom is 0.305 e. The van der Waals surface area contributed by atoms with E-state index in [-0.39, 0.29) is 6.42 Å². The third kappa shape index (κ3) is 4.76. The molecule has 1 N–H and O–H groups in total. The number of thiol groups is 2. The van der Waals surface area contributed by atoms with Gasteiger partial charge in [-0.25, -0.2) is 0 Å². The number of hydrogen-bond donors (Lipinski definition) is 3. The molecular formula is C6H10O2S2. The summed E-state index contributed by atoms with van der Waals surface area (Å²) in [5, 5.41) is 8.34. The van der Waals surface area contributed by atoms with Crippen molar-refractivity contribution in [2.75, 3.05) is 0 Å². The van der Waals surface area contributed by atoms with Crippen molar-refractivity contribution in [3.8, 4) is 0 Å². The number of aliphatic carboxylic acids is 1. The van der Waals surface area contributed by atoms with E-state index in [4.69, 9.17) is 5.11 Å². The molecule has 0 fully saturated rings. The van der Waals surface area contributed by atoms with Crippen molar-refractivity contribution in [3.63, 3.8) is 0 Å². The molecule has 0 aliphatic rings. The van der Waals surface area contributed by atoms with E-state index in [2.05, 4.69) is 31.8 Å². The predicted molar refractivity (Wildman–Crippen MR) is 47.8 cm³/mol. The van der Waals surface area contributed by atoms with Crippen LogP contribution in [0, 0.1) is 0 Å². The third-order valence-electron chi connectivity index (χ3n) is 0.906. The Labute approximate surface area is 71.1 Å². The molecule has 0 heterocycles. The van der Waals surface area contributed by atoms with Crippen molar-refractivity contribution in [1.82, 2.24) is 0 Å². The van der Waals surface area contributed by atoms with Crippen molar-refractivity contribution in [2.24, 2.45) is 0 Å². The highest BCUT2D eigenvalue weighted by Crippen LogP contribution is 2.28. The largest absolute Gasteiger partial charge is 0.481 e. The first-order valence-electron chi connectivity index (χ1n) is 2.75. The van der Waals surface area contributed by atoms with Gasteiger partial charge in [-0.05, 0) is 6.42 Å². The maximum absolute atomic E-state index is 10.2. The molecule has 10 heavy (non-hydrogen) atoms. The minimum atomic E-state index is -0.896. The Balaban J connectivity index is 3.85. The number of carboxylic acid groups (broad SMARTS) is 1. The normalized spacial score (nSPS) is 11.0. The molecule has 0 saturated carbocycles. The lowest BCUT2D eigenvalue weighted by molar-refractivity contribution is -0.137. The Morgan fingerprint density at radius 1 is 1.70 bits per heavy atom. The lowest BCUT2D eigenvalue weighted by Gasteiger charge is -2.17. The van der Waals surface area contributed by atoms with E-state index < -0.39 is 10.0 Å². The third-order valence-corrected chi connectivity index (χ3v) is 1.59. The average Bonchev–Trinajstić information content (AvgIpc) is 1.59. The van der Waals surface area contributed by atoms with Crippen LogP contribution >= 0.6 is 25.3 Å². The minimum Gasteiger partial charge on any atom is -0.481 e. The summed E-state index contributed by atoms with van der Waals surface area (Å²) in [4.78, 5) is 10.2. The van der Waals surface area contributed by atoms with Crippen LogP contribution in [-0.2, 0) is 4.79 Å². The molecule has 0 radical (unpaired) electrons. The van der Waals surface area contributed by atoms with E-state index >= 15 is 0 Å². The van der Waals surface area contributed by atoms with Crippen molar-refractivity contribution < 1.29 is 9.90 Å². The molecule has 0 aromatic rings. The smallest absolute Gasteiger partial charge is 0.305 e. The Bertz CT molecular complexity index is 143. The van der Waals surface area contributed by atoms with Gasteiger partial charge in [0.05, 0.1) is 10.5 Å². The number of rotatable bonds is 4. The van der Waals surface area contributed by atoms with E-state index in [1.807, 2.05) is 0 Å². The molecule has 0 aromatic heterocycles. The number of carbonyl (C=O) groups is 1. The van der Waals surface area contributed by atoms with E-state index in [0.717, 1.165) is 0 Å². The van der Waals surface area contributed by atoms with Gasteiger partial charge in [-0.3, -0.25) is 4.79 Å². The van der Waals surface area contributed by atoms with Gasteiger partial charge in [-0.2, -0.15) is 25.3 Å². The first kappa shape index (κ1) is 9.91. The van der Waals surface area contributed by atoms with Gasteiger partial charge in [0.15, 0.2) is 0 Å². The fraction of sp³-hybridized carbons (Fsp3) is 0.500. The zero-order valence-corrected chi connectivity index (χ0v) is 7.24. The summed E-state index contributed by atoms with van der Waals surface area (Å²) in [6.07, 6.45) is 2.01. The quantitative estimate of drug-likeness (QED) is 0.347. The van der Waals surface area contributed by atoms with Gasteiger partial charge in [0.1, 0.15) is 0 Å².